The van der Waals surface area contributed by atoms with Crippen molar-refractivity contribution >= 4 is 23.2 Å². The minimum atomic E-state index is -4.57. The van der Waals surface area contributed by atoms with Crippen molar-refractivity contribution in [1.29, 1.82) is 0 Å². The van der Waals surface area contributed by atoms with Crippen LogP contribution in [0.2, 0.25) is 0 Å². The van der Waals surface area contributed by atoms with Crippen molar-refractivity contribution in [2.45, 2.75) is 18.1 Å². The Balaban J connectivity index is 1.66. The fourth-order valence-electron chi connectivity index (χ4n) is 4.98. The van der Waals surface area contributed by atoms with Crippen LogP contribution in [0.15, 0.2) is 97.1 Å². The number of benzene rings is 4. The van der Waals surface area contributed by atoms with Gasteiger partial charge in [0.15, 0.2) is 0 Å². The number of carbonyl (C=O) groups excluding carboxylic acids is 2. The minimum absolute atomic E-state index is 0.00122. The van der Waals surface area contributed by atoms with Crippen LogP contribution in [0.25, 0.3) is 0 Å². The molecule has 4 aromatic rings. The third-order valence-electron chi connectivity index (χ3n) is 6.89. The van der Waals surface area contributed by atoms with Gasteiger partial charge < -0.3 is 14.8 Å². The Kier molecular flexibility index (Phi) is 7.21. The average Bonchev–Trinajstić information content (AvgIpc) is 2.97. The van der Waals surface area contributed by atoms with E-state index in [1.54, 1.807) is 77.7 Å². The minimum Gasteiger partial charge on any atom is -0.497 e. The van der Waals surface area contributed by atoms with E-state index in [9.17, 15) is 22.8 Å². The zero-order valence-corrected chi connectivity index (χ0v) is 21.6. The van der Waals surface area contributed by atoms with E-state index in [0.29, 0.717) is 33.9 Å². The summed E-state index contributed by atoms with van der Waals surface area (Å²) in [4.78, 5) is 29.5. The number of fused-ring (bicyclic) bond motifs is 1. The Morgan fingerprint density at radius 1 is 0.825 bits per heavy atom. The standard InChI is InChI=1S/C31H25F3N2O4/c1-39-23-14-10-19(11-15-23)28-27(29(37)35-21-7-5-6-20(18-21)31(32,33)34)25-8-3-4-9-26(25)30(38)36(28)22-12-16-24(40-2)17-13-22/h3-18,27-28H,1-2H3,(H,35,37)/t27-,28+/m1/s1. The van der Waals surface area contributed by atoms with Gasteiger partial charge in [-0.25, -0.2) is 0 Å². The average molecular weight is 547 g/mol. The highest BCUT2D eigenvalue weighted by Gasteiger charge is 2.45. The first kappa shape index (κ1) is 26.8. The van der Waals surface area contributed by atoms with Crippen molar-refractivity contribution in [2.75, 3.05) is 24.4 Å². The summed E-state index contributed by atoms with van der Waals surface area (Å²) in [6.45, 7) is 0. The normalized spacial score (nSPS) is 16.7. The summed E-state index contributed by atoms with van der Waals surface area (Å²) in [5, 5.41) is 2.67. The number of carbonyl (C=O) groups is 2. The van der Waals surface area contributed by atoms with Gasteiger partial charge in [-0.2, -0.15) is 13.2 Å². The number of anilines is 2. The van der Waals surface area contributed by atoms with E-state index in [0.717, 1.165) is 12.1 Å². The molecule has 204 valence electrons. The van der Waals surface area contributed by atoms with E-state index in [1.807, 2.05) is 0 Å². The molecule has 0 saturated heterocycles. The lowest BCUT2D eigenvalue weighted by Crippen LogP contribution is -2.46. The lowest BCUT2D eigenvalue weighted by molar-refractivity contribution is -0.137. The van der Waals surface area contributed by atoms with Gasteiger partial charge in [0, 0.05) is 16.9 Å². The van der Waals surface area contributed by atoms with E-state index in [2.05, 4.69) is 5.32 Å². The highest BCUT2D eigenvalue weighted by Crippen LogP contribution is 2.46. The molecule has 4 aromatic carbocycles. The van der Waals surface area contributed by atoms with Gasteiger partial charge in [0.1, 0.15) is 11.5 Å². The maximum absolute atomic E-state index is 14.0. The molecule has 9 heteroatoms. The second kappa shape index (κ2) is 10.8. The first-order valence-corrected chi connectivity index (χ1v) is 12.4. The number of ether oxygens (including phenoxy) is 2. The van der Waals surface area contributed by atoms with E-state index < -0.39 is 29.6 Å². The molecule has 2 amide bonds. The fraction of sp³-hybridized carbons (Fsp3) is 0.161. The number of hydrogen-bond donors (Lipinski definition) is 1. The van der Waals surface area contributed by atoms with Gasteiger partial charge in [0.25, 0.3) is 5.91 Å². The molecular weight excluding hydrogens is 521 g/mol. The topological polar surface area (TPSA) is 67.9 Å². The van der Waals surface area contributed by atoms with Gasteiger partial charge in [-0.3, -0.25) is 14.5 Å². The van der Waals surface area contributed by atoms with Crippen molar-refractivity contribution in [1.82, 2.24) is 0 Å². The lowest BCUT2D eigenvalue weighted by atomic mass is 9.78. The number of nitrogens with one attached hydrogen (secondary N) is 1. The second-order valence-electron chi connectivity index (χ2n) is 9.22. The number of rotatable bonds is 6. The van der Waals surface area contributed by atoms with E-state index in [1.165, 1.54) is 26.4 Å². The molecule has 0 fully saturated rings. The maximum Gasteiger partial charge on any atom is 0.416 e. The molecule has 0 saturated carbocycles. The molecule has 0 spiro atoms. The number of methoxy groups -OCH3 is 2. The highest BCUT2D eigenvalue weighted by atomic mass is 19.4. The number of amides is 2. The predicted octanol–water partition coefficient (Wildman–Crippen LogP) is 6.85. The summed E-state index contributed by atoms with van der Waals surface area (Å²) in [5.74, 6) is -0.650. The molecule has 0 bridgehead atoms. The summed E-state index contributed by atoms with van der Waals surface area (Å²) < 4.78 is 50.7. The Morgan fingerprint density at radius 2 is 1.45 bits per heavy atom. The van der Waals surface area contributed by atoms with Crippen molar-refractivity contribution in [3.63, 3.8) is 0 Å². The first-order chi connectivity index (χ1) is 19.2. The third kappa shape index (κ3) is 5.10. The highest BCUT2D eigenvalue weighted by molar-refractivity contribution is 6.12. The Hall–Kier alpha value is -4.79. The molecule has 1 N–H and O–H groups in total. The first-order valence-electron chi connectivity index (χ1n) is 12.4. The number of halogens is 3. The fourth-order valence-corrected chi connectivity index (χ4v) is 4.98. The smallest absolute Gasteiger partial charge is 0.416 e. The van der Waals surface area contributed by atoms with Crippen molar-refractivity contribution in [2.24, 2.45) is 0 Å². The van der Waals surface area contributed by atoms with Crippen LogP contribution in [-0.4, -0.2) is 26.0 Å². The molecule has 1 heterocycles. The van der Waals surface area contributed by atoms with E-state index >= 15 is 0 Å². The lowest BCUT2D eigenvalue weighted by Gasteiger charge is -2.42. The Labute approximate surface area is 229 Å². The molecule has 0 unspecified atom stereocenters. The molecule has 40 heavy (non-hydrogen) atoms. The number of nitrogens with zero attached hydrogens (tertiary/aromatic N) is 1. The van der Waals surface area contributed by atoms with E-state index in [-0.39, 0.29) is 11.6 Å². The number of alkyl halides is 3. The van der Waals surface area contributed by atoms with Crippen LogP contribution in [-0.2, 0) is 11.0 Å². The van der Waals surface area contributed by atoms with Gasteiger partial charge in [-0.1, -0.05) is 36.4 Å². The van der Waals surface area contributed by atoms with Crippen LogP contribution >= 0.6 is 0 Å². The van der Waals surface area contributed by atoms with Crippen molar-refractivity contribution in [3.8, 4) is 11.5 Å². The van der Waals surface area contributed by atoms with Gasteiger partial charge in [-0.05, 0) is 71.8 Å². The summed E-state index contributed by atoms with van der Waals surface area (Å²) in [7, 11) is 3.07. The number of hydrogen-bond acceptors (Lipinski definition) is 4. The third-order valence-corrected chi connectivity index (χ3v) is 6.89. The van der Waals surface area contributed by atoms with Crippen LogP contribution in [0.1, 0.15) is 39.0 Å². The molecular formula is C31H25F3N2O4. The largest absolute Gasteiger partial charge is 0.497 e. The zero-order chi connectivity index (χ0) is 28.4. The van der Waals surface area contributed by atoms with Crippen molar-refractivity contribution < 1.29 is 32.2 Å². The molecule has 2 atom stereocenters. The quantitative estimate of drug-likeness (QED) is 0.287. The SMILES string of the molecule is COc1ccc([C@H]2[C@H](C(=O)Nc3cccc(C(F)(F)F)c3)c3ccccc3C(=O)N2c2ccc(OC)cc2)cc1. The molecule has 1 aliphatic heterocycles. The van der Waals surface area contributed by atoms with Crippen LogP contribution < -0.4 is 19.7 Å². The van der Waals surface area contributed by atoms with Crippen LogP contribution in [0.4, 0.5) is 24.5 Å². The predicted molar refractivity (Wildman–Crippen MR) is 145 cm³/mol. The van der Waals surface area contributed by atoms with Crippen LogP contribution in [0.3, 0.4) is 0 Å². The molecule has 0 aliphatic carbocycles. The van der Waals surface area contributed by atoms with Gasteiger partial charge in [-0.15, -0.1) is 0 Å². The maximum atomic E-state index is 14.0. The molecule has 0 aromatic heterocycles. The Morgan fingerprint density at radius 3 is 2.08 bits per heavy atom. The zero-order valence-electron chi connectivity index (χ0n) is 21.6. The molecule has 6 nitrogen and oxygen atoms in total. The summed E-state index contributed by atoms with van der Waals surface area (Å²) in [6, 6.07) is 24.3. The summed E-state index contributed by atoms with van der Waals surface area (Å²) in [5.41, 5.74) is 1.09. The van der Waals surface area contributed by atoms with Crippen LogP contribution in [0.5, 0.6) is 11.5 Å². The second-order valence-corrected chi connectivity index (χ2v) is 9.22. The van der Waals surface area contributed by atoms with E-state index in [4.69, 9.17) is 9.47 Å². The Bertz CT molecular complexity index is 1540. The molecule has 0 radical (unpaired) electrons. The van der Waals surface area contributed by atoms with Gasteiger partial charge in [0.2, 0.25) is 5.91 Å². The molecule has 1 aliphatic rings. The van der Waals surface area contributed by atoms with Gasteiger partial charge >= 0.3 is 6.18 Å². The molecule has 5 rings (SSSR count). The van der Waals surface area contributed by atoms with Crippen molar-refractivity contribution in [3.05, 3.63) is 119 Å². The van der Waals surface area contributed by atoms with Gasteiger partial charge in [0.05, 0.1) is 31.7 Å². The van der Waals surface area contributed by atoms with Crippen LogP contribution in [0, 0.1) is 0 Å². The summed E-state index contributed by atoms with van der Waals surface area (Å²) >= 11 is 0. The monoisotopic (exact) mass is 546 g/mol. The summed E-state index contributed by atoms with van der Waals surface area (Å²) in [6.07, 6.45) is -4.57.